The lowest BCUT2D eigenvalue weighted by Crippen LogP contribution is -2.33. The molecule has 0 amide bonds. The highest BCUT2D eigenvalue weighted by Crippen LogP contribution is 2.32. The van der Waals surface area contributed by atoms with Gasteiger partial charge in [0.1, 0.15) is 30.4 Å². The van der Waals surface area contributed by atoms with Crippen molar-refractivity contribution in [2.24, 2.45) is 0 Å². The van der Waals surface area contributed by atoms with Gasteiger partial charge in [0.15, 0.2) is 23.2 Å². The Morgan fingerprint density at radius 1 is 1.21 bits per heavy atom. The van der Waals surface area contributed by atoms with E-state index in [0.717, 1.165) is 11.3 Å². The fourth-order valence-corrected chi connectivity index (χ4v) is 3.38. The Kier molecular flexibility index (Phi) is 5.58. The van der Waals surface area contributed by atoms with Gasteiger partial charge in [-0.15, -0.1) is 0 Å². The molecule has 4 N–H and O–H groups in total. The Morgan fingerprint density at radius 3 is 2.83 bits per heavy atom. The Morgan fingerprint density at radius 2 is 2.07 bits per heavy atom. The Hall–Kier alpha value is -2.79. The minimum Gasteiger partial charge on any atom is -0.494 e. The number of anilines is 1. The summed E-state index contributed by atoms with van der Waals surface area (Å²) >= 11 is 0. The molecule has 3 aromatic rings. The third-order valence-corrected chi connectivity index (χ3v) is 4.82. The number of benzene rings is 1. The molecule has 1 aromatic carbocycles. The molecule has 1 fully saturated rings. The van der Waals surface area contributed by atoms with Crippen LogP contribution in [0.15, 0.2) is 36.9 Å². The third-order valence-electron chi connectivity index (χ3n) is 4.82. The van der Waals surface area contributed by atoms with Crippen molar-refractivity contribution < 1.29 is 24.8 Å². The average molecular weight is 401 g/mol. The predicted octanol–water partition coefficient (Wildman–Crippen LogP) is 0.449. The predicted molar refractivity (Wildman–Crippen MR) is 103 cm³/mol. The maximum atomic E-state index is 10.3. The molecule has 2 aromatic heterocycles. The zero-order valence-electron chi connectivity index (χ0n) is 15.8. The minimum atomic E-state index is -1.21. The van der Waals surface area contributed by atoms with Gasteiger partial charge in [-0.2, -0.15) is 0 Å². The quantitative estimate of drug-likeness (QED) is 0.445. The fourth-order valence-electron chi connectivity index (χ4n) is 3.38. The molecule has 0 bridgehead atoms. The van der Waals surface area contributed by atoms with Crippen molar-refractivity contribution in [3.05, 3.63) is 42.5 Å². The zero-order chi connectivity index (χ0) is 20.4. The van der Waals surface area contributed by atoms with E-state index in [9.17, 15) is 15.3 Å². The van der Waals surface area contributed by atoms with Crippen molar-refractivity contribution in [3.63, 3.8) is 0 Å². The topological polar surface area (TPSA) is 135 Å². The number of ether oxygens (including phenoxy) is 2. The normalized spacial score (nSPS) is 24.1. The number of nitrogens with one attached hydrogen (secondary N) is 1. The first-order valence-corrected chi connectivity index (χ1v) is 9.38. The van der Waals surface area contributed by atoms with Gasteiger partial charge in [-0.25, -0.2) is 15.0 Å². The summed E-state index contributed by atoms with van der Waals surface area (Å²) in [5.74, 6) is 1.33. The first kappa shape index (κ1) is 19.5. The number of fused-ring (bicyclic) bond motifs is 1. The van der Waals surface area contributed by atoms with Crippen LogP contribution in [0.1, 0.15) is 18.7 Å². The van der Waals surface area contributed by atoms with Crippen molar-refractivity contribution in [3.8, 4) is 5.75 Å². The van der Waals surface area contributed by atoms with E-state index in [4.69, 9.17) is 9.47 Å². The van der Waals surface area contributed by atoms with Crippen LogP contribution in [0.3, 0.4) is 0 Å². The zero-order valence-corrected chi connectivity index (χ0v) is 15.8. The van der Waals surface area contributed by atoms with Gasteiger partial charge in [-0.05, 0) is 24.6 Å². The molecule has 4 atom stereocenters. The molecule has 0 aliphatic carbocycles. The molecule has 4 rings (SSSR count). The summed E-state index contributed by atoms with van der Waals surface area (Å²) in [7, 11) is 0. The number of imidazole rings is 1. The highest BCUT2D eigenvalue weighted by molar-refractivity contribution is 5.82. The summed E-state index contributed by atoms with van der Waals surface area (Å²) in [6, 6.07) is 7.75. The molecule has 10 heteroatoms. The number of nitrogens with zero attached hydrogens (tertiary/aromatic N) is 4. The molecule has 0 spiro atoms. The third kappa shape index (κ3) is 3.75. The second kappa shape index (κ2) is 8.29. The molecule has 10 nitrogen and oxygen atoms in total. The summed E-state index contributed by atoms with van der Waals surface area (Å²) in [6.45, 7) is 2.64. The average Bonchev–Trinajstić information content (AvgIpc) is 3.28. The van der Waals surface area contributed by atoms with Crippen molar-refractivity contribution in [2.45, 2.75) is 38.0 Å². The van der Waals surface area contributed by atoms with Crippen LogP contribution in [-0.4, -0.2) is 66.4 Å². The van der Waals surface area contributed by atoms with Gasteiger partial charge in [0, 0.05) is 6.54 Å². The number of hydrogen-bond donors (Lipinski definition) is 4. The van der Waals surface area contributed by atoms with Crippen LogP contribution in [0.5, 0.6) is 5.75 Å². The second-order valence-electron chi connectivity index (χ2n) is 6.71. The summed E-state index contributed by atoms with van der Waals surface area (Å²) in [6.07, 6.45) is -1.32. The smallest absolute Gasteiger partial charge is 0.167 e. The summed E-state index contributed by atoms with van der Waals surface area (Å²) in [4.78, 5) is 12.9. The van der Waals surface area contributed by atoms with Crippen LogP contribution in [-0.2, 0) is 11.3 Å². The molecule has 1 unspecified atom stereocenters. The van der Waals surface area contributed by atoms with Gasteiger partial charge in [0.2, 0.25) is 0 Å². The van der Waals surface area contributed by atoms with Gasteiger partial charge in [-0.1, -0.05) is 12.1 Å². The minimum absolute atomic E-state index is 0.399. The maximum absolute atomic E-state index is 10.3. The molecular weight excluding hydrogens is 378 g/mol. The standard InChI is InChI=1S/C19H23N5O5/c1-2-28-12-5-3-4-11(6-12)7-20-17-14-18(22-9-21-17)24(10-23-14)19-16(27)15(26)13(8-25)29-19/h3-6,9-10,13,15-16,19,25-27H,2,7-8H2,1H3,(H,20,21,22)/t13-,15-,16-,19?/m1/s1. The van der Waals surface area contributed by atoms with E-state index in [1.54, 1.807) is 0 Å². The van der Waals surface area contributed by atoms with Crippen LogP contribution in [0.25, 0.3) is 11.2 Å². The van der Waals surface area contributed by atoms with Crippen molar-refractivity contribution in [1.29, 1.82) is 0 Å². The Labute approximate surface area is 166 Å². The molecule has 1 saturated heterocycles. The molecular formula is C19H23N5O5. The summed E-state index contributed by atoms with van der Waals surface area (Å²) in [5, 5.41) is 32.8. The van der Waals surface area contributed by atoms with Gasteiger partial charge in [-0.3, -0.25) is 4.57 Å². The van der Waals surface area contributed by atoms with Gasteiger partial charge in [0.25, 0.3) is 0 Å². The molecule has 1 aliphatic heterocycles. The largest absolute Gasteiger partial charge is 0.494 e. The van der Waals surface area contributed by atoms with Gasteiger partial charge >= 0.3 is 0 Å². The maximum Gasteiger partial charge on any atom is 0.167 e. The highest BCUT2D eigenvalue weighted by Gasteiger charge is 2.44. The Balaban J connectivity index is 1.56. The molecule has 154 valence electrons. The summed E-state index contributed by atoms with van der Waals surface area (Å²) in [5.41, 5.74) is 1.97. The second-order valence-corrected chi connectivity index (χ2v) is 6.71. The summed E-state index contributed by atoms with van der Waals surface area (Å²) < 4.78 is 12.6. The van der Waals surface area contributed by atoms with Gasteiger partial charge < -0.3 is 30.1 Å². The number of aliphatic hydroxyl groups excluding tert-OH is 3. The van der Waals surface area contributed by atoms with E-state index in [1.165, 1.54) is 17.2 Å². The lowest BCUT2D eigenvalue weighted by Gasteiger charge is -2.16. The van der Waals surface area contributed by atoms with Crippen LogP contribution < -0.4 is 10.1 Å². The lowest BCUT2D eigenvalue weighted by molar-refractivity contribution is -0.0511. The first-order chi connectivity index (χ1) is 14.1. The molecule has 3 heterocycles. The number of rotatable bonds is 7. The van der Waals surface area contributed by atoms with Crippen molar-refractivity contribution >= 4 is 17.0 Å². The van der Waals surface area contributed by atoms with Crippen LogP contribution in [0.2, 0.25) is 0 Å². The molecule has 0 saturated carbocycles. The first-order valence-electron chi connectivity index (χ1n) is 9.38. The van der Waals surface area contributed by atoms with Crippen LogP contribution >= 0.6 is 0 Å². The highest BCUT2D eigenvalue weighted by atomic mass is 16.6. The van der Waals surface area contributed by atoms with Crippen molar-refractivity contribution in [1.82, 2.24) is 19.5 Å². The lowest BCUT2D eigenvalue weighted by atomic mass is 10.1. The number of hydrogen-bond acceptors (Lipinski definition) is 9. The Bertz CT molecular complexity index is 981. The van der Waals surface area contributed by atoms with E-state index in [-0.39, 0.29) is 0 Å². The van der Waals surface area contributed by atoms with Gasteiger partial charge in [0.05, 0.1) is 19.5 Å². The SMILES string of the molecule is CCOc1cccc(CNc2ncnc3c2ncn3C2O[C@H](CO)[C@@H](O)[C@H]2O)c1. The van der Waals surface area contributed by atoms with E-state index < -0.39 is 31.1 Å². The van der Waals surface area contributed by atoms with Crippen molar-refractivity contribution in [2.75, 3.05) is 18.5 Å². The molecule has 29 heavy (non-hydrogen) atoms. The van der Waals surface area contributed by atoms with Crippen LogP contribution in [0.4, 0.5) is 5.82 Å². The number of aliphatic hydroxyl groups is 3. The van der Waals surface area contributed by atoms with Crippen LogP contribution in [0, 0.1) is 0 Å². The number of aromatic nitrogens is 4. The fraction of sp³-hybridized carbons (Fsp3) is 0.421. The van der Waals surface area contributed by atoms with E-state index in [0.29, 0.717) is 30.1 Å². The molecule has 1 aliphatic rings. The van der Waals surface area contributed by atoms with E-state index in [1.807, 2.05) is 31.2 Å². The molecule has 0 radical (unpaired) electrons. The van der Waals surface area contributed by atoms with E-state index in [2.05, 4.69) is 20.3 Å². The monoisotopic (exact) mass is 401 g/mol. The van der Waals surface area contributed by atoms with E-state index >= 15 is 0 Å².